The predicted octanol–water partition coefficient (Wildman–Crippen LogP) is 2.82. The summed E-state index contributed by atoms with van der Waals surface area (Å²) in [6, 6.07) is 8.38. The molecule has 2 rings (SSSR count). The average Bonchev–Trinajstić information content (AvgIpc) is 2.46. The Hall–Kier alpha value is -1.07. The third kappa shape index (κ3) is 5.32. The maximum Gasteiger partial charge on any atom is 0.258 e. The van der Waals surface area contributed by atoms with Crippen LogP contribution in [0.1, 0.15) is 26.7 Å². The normalized spacial score (nSPS) is 17.0. The summed E-state index contributed by atoms with van der Waals surface area (Å²) < 4.78 is 6.44. The molecule has 1 aromatic carbocycles. The number of ether oxygens (including phenoxy) is 1. The molecule has 1 aromatic rings. The van der Waals surface area contributed by atoms with E-state index in [0.29, 0.717) is 11.8 Å². The molecule has 0 unspecified atom stereocenters. The quantitative estimate of drug-likeness (QED) is 0.883. The van der Waals surface area contributed by atoms with Crippen LogP contribution in [0.5, 0.6) is 5.75 Å². The summed E-state index contributed by atoms with van der Waals surface area (Å²) in [5, 5.41) is 3.06. The fraction of sp³-hybridized carbons (Fsp3) is 0.562. The van der Waals surface area contributed by atoms with Gasteiger partial charge in [0.1, 0.15) is 5.75 Å². The van der Waals surface area contributed by atoms with Crippen LogP contribution >= 0.6 is 15.9 Å². The molecule has 4 nitrogen and oxygen atoms in total. The van der Waals surface area contributed by atoms with E-state index in [1.807, 2.05) is 24.3 Å². The van der Waals surface area contributed by atoms with Gasteiger partial charge in [0.25, 0.3) is 5.91 Å². The number of likely N-dealkylation sites (tertiary alicyclic amines) is 1. The molecule has 1 fully saturated rings. The lowest BCUT2D eigenvalue weighted by atomic mass is 10.0. The number of amides is 1. The summed E-state index contributed by atoms with van der Waals surface area (Å²) in [6.07, 6.45) is 2.03. The SMILES string of the molecule is CC(C)N1CCC(NC(=O)COc2cccc(Br)c2)CC1. The fourth-order valence-electron chi connectivity index (χ4n) is 2.54. The summed E-state index contributed by atoms with van der Waals surface area (Å²) in [4.78, 5) is 14.4. The first-order chi connectivity index (χ1) is 10.0. The van der Waals surface area contributed by atoms with Gasteiger partial charge < -0.3 is 15.0 Å². The van der Waals surface area contributed by atoms with Crippen molar-refractivity contribution in [2.45, 2.75) is 38.8 Å². The highest BCUT2D eigenvalue weighted by Gasteiger charge is 2.21. The average molecular weight is 355 g/mol. The molecule has 0 saturated carbocycles. The zero-order valence-electron chi connectivity index (χ0n) is 12.6. The van der Waals surface area contributed by atoms with E-state index >= 15 is 0 Å². The minimum atomic E-state index is -0.0435. The summed E-state index contributed by atoms with van der Waals surface area (Å²) in [5.74, 6) is 0.659. The van der Waals surface area contributed by atoms with Gasteiger partial charge in [-0.2, -0.15) is 0 Å². The van der Waals surface area contributed by atoms with Crippen molar-refractivity contribution >= 4 is 21.8 Å². The van der Waals surface area contributed by atoms with Crippen molar-refractivity contribution in [1.82, 2.24) is 10.2 Å². The molecule has 116 valence electrons. The van der Waals surface area contributed by atoms with Gasteiger partial charge in [-0.25, -0.2) is 0 Å². The summed E-state index contributed by atoms with van der Waals surface area (Å²) in [5.41, 5.74) is 0. The molecule has 1 heterocycles. The third-order valence-electron chi connectivity index (χ3n) is 3.79. The van der Waals surface area contributed by atoms with E-state index < -0.39 is 0 Å². The first-order valence-electron chi connectivity index (χ1n) is 7.46. The highest BCUT2D eigenvalue weighted by atomic mass is 79.9. The van der Waals surface area contributed by atoms with Crippen LogP contribution in [-0.4, -0.2) is 42.6 Å². The van der Waals surface area contributed by atoms with E-state index in [9.17, 15) is 4.79 Å². The number of piperidine rings is 1. The predicted molar refractivity (Wildman–Crippen MR) is 87.5 cm³/mol. The number of nitrogens with zero attached hydrogens (tertiary/aromatic N) is 1. The highest BCUT2D eigenvalue weighted by molar-refractivity contribution is 9.10. The van der Waals surface area contributed by atoms with Gasteiger partial charge in [-0.05, 0) is 44.9 Å². The first-order valence-corrected chi connectivity index (χ1v) is 8.25. The zero-order chi connectivity index (χ0) is 15.2. The van der Waals surface area contributed by atoms with Gasteiger partial charge in [0, 0.05) is 29.6 Å². The Bertz CT molecular complexity index is 471. The molecular weight excluding hydrogens is 332 g/mol. The van der Waals surface area contributed by atoms with Crippen LogP contribution in [0.4, 0.5) is 0 Å². The molecule has 0 spiro atoms. The molecule has 1 N–H and O–H groups in total. The van der Waals surface area contributed by atoms with Crippen molar-refractivity contribution in [3.05, 3.63) is 28.7 Å². The highest BCUT2D eigenvalue weighted by Crippen LogP contribution is 2.17. The molecule has 1 amide bonds. The Morgan fingerprint density at radius 2 is 2.14 bits per heavy atom. The maximum absolute atomic E-state index is 11.9. The summed E-state index contributed by atoms with van der Waals surface area (Å²) in [6.45, 7) is 6.60. The second-order valence-corrected chi connectivity index (χ2v) is 6.63. The standard InChI is InChI=1S/C16H23BrN2O2/c1-12(2)19-8-6-14(7-9-19)18-16(20)11-21-15-5-3-4-13(17)10-15/h3-5,10,12,14H,6-9,11H2,1-2H3,(H,18,20). The lowest BCUT2D eigenvalue weighted by Crippen LogP contribution is -2.47. The van der Waals surface area contributed by atoms with Crippen molar-refractivity contribution in [3.63, 3.8) is 0 Å². The largest absolute Gasteiger partial charge is 0.484 e. The van der Waals surface area contributed by atoms with Crippen molar-refractivity contribution < 1.29 is 9.53 Å². The topological polar surface area (TPSA) is 41.6 Å². The minimum absolute atomic E-state index is 0.0435. The second kappa shape index (κ2) is 7.80. The zero-order valence-corrected chi connectivity index (χ0v) is 14.2. The summed E-state index contributed by atoms with van der Waals surface area (Å²) >= 11 is 3.38. The van der Waals surface area contributed by atoms with Crippen LogP contribution in [0.25, 0.3) is 0 Å². The third-order valence-corrected chi connectivity index (χ3v) is 4.28. The van der Waals surface area contributed by atoms with Crippen LogP contribution in [0.2, 0.25) is 0 Å². The molecule has 0 atom stereocenters. The lowest BCUT2D eigenvalue weighted by molar-refractivity contribution is -0.124. The smallest absolute Gasteiger partial charge is 0.258 e. The number of rotatable bonds is 5. The first kappa shape index (κ1) is 16.3. The second-order valence-electron chi connectivity index (χ2n) is 5.72. The van der Waals surface area contributed by atoms with Gasteiger partial charge in [-0.1, -0.05) is 22.0 Å². The van der Waals surface area contributed by atoms with Crippen LogP contribution in [0, 0.1) is 0 Å². The van der Waals surface area contributed by atoms with Gasteiger partial charge in [-0.3, -0.25) is 4.79 Å². The molecule has 1 aliphatic heterocycles. The molecular formula is C16H23BrN2O2. The minimum Gasteiger partial charge on any atom is -0.484 e. The molecule has 0 radical (unpaired) electrons. The van der Waals surface area contributed by atoms with Crippen LogP contribution in [0.15, 0.2) is 28.7 Å². The number of hydrogen-bond donors (Lipinski definition) is 1. The van der Waals surface area contributed by atoms with Crippen molar-refractivity contribution in [3.8, 4) is 5.75 Å². The van der Waals surface area contributed by atoms with Gasteiger partial charge in [0.05, 0.1) is 0 Å². The molecule has 21 heavy (non-hydrogen) atoms. The van der Waals surface area contributed by atoms with Gasteiger partial charge in [-0.15, -0.1) is 0 Å². The lowest BCUT2D eigenvalue weighted by Gasteiger charge is -2.34. The Kier molecular flexibility index (Phi) is 6.06. The van der Waals surface area contributed by atoms with Crippen LogP contribution in [0.3, 0.4) is 0 Å². The number of hydrogen-bond acceptors (Lipinski definition) is 3. The van der Waals surface area contributed by atoms with E-state index in [4.69, 9.17) is 4.74 Å². The fourth-order valence-corrected chi connectivity index (χ4v) is 2.91. The van der Waals surface area contributed by atoms with Crippen molar-refractivity contribution in [1.29, 1.82) is 0 Å². The monoisotopic (exact) mass is 354 g/mol. The number of carbonyl (C=O) groups excluding carboxylic acids is 1. The Balaban J connectivity index is 1.71. The molecule has 1 saturated heterocycles. The Morgan fingerprint density at radius 3 is 2.76 bits per heavy atom. The van der Waals surface area contributed by atoms with Crippen molar-refractivity contribution in [2.75, 3.05) is 19.7 Å². The van der Waals surface area contributed by atoms with E-state index in [0.717, 1.165) is 30.4 Å². The van der Waals surface area contributed by atoms with Crippen LogP contribution in [-0.2, 0) is 4.79 Å². The maximum atomic E-state index is 11.9. The molecule has 0 aliphatic carbocycles. The number of carbonyl (C=O) groups is 1. The van der Waals surface area contributed by atoms with Crippen molar-refractivity contribution in [2.24, 2.45) is 0 Å². The van der Waals surface area contributed by atoms with Crippen LogP contribution < -0.4 is 10.1 Å². The van der Waals surface area contributed by atoms with E-state index in [1.54, 1.807) is 0 Å². The van der Waals surface area contributed by atoms with Gasteiger partial charge >= 0.3 is 0 Å². The molecule has 5 heteroatoms. The summed E-state index contributed by atoms with van der Waals surface area (Å²) in [7, 11) is 0. The van der Waals surface area contributed by atoms with E-state index in [2.05, 4.69) is 40.0 Å². The van der Waals surface area contributed by atoms with Gasteiger partial charge in [0.2, 0.25) is 0 Å². The molecule has 0 aromatic heterocycles. The molecule has 0 bridgehead atoms. The van der Waals surface area contributed by atoms with E-state index in [-0.39, 0.29) is 18.6 Å². The Morgan fingerprint density at radius 1 is 1.43 bits per heavy atom. The van der Waals surface area contributed by atoms with E-state index in [1.165, 1.54) is 0 Å². The Labute approximate surface area is 135 Å². The number of halogens is 1. The number of benzene rings is 1. The number of nitrogens with one attached hydrogen (secondary N) is 1. The van der Waals surface area contributed by atoms with Gasteiger partial charge in [0.15, 0.2) is 6.61 Å². The molecule has 1 aliphatic rings.